The van der Waals surface area contributed by atoms with Crippen LogP contribution in [0.5, 0.6) is 0 Å². The molecule has 3 aromatic rings. The fraction of sp³-hybridized carbons (Fsp3) is 0.269. The first-order valence-corrected chi connectivity index (χ1v) is 13.9. The lowest BCUT2D eigenvalue weighted by Crippen LogP contribution is -2.42. The molecule has 12 heteroatoms. The van der Waals surface area contributed by atoms with Crippen LogP contribution in [0, 0.1) is 16.7 Å². The van der Waals surface area contributed by atoms with E-state index in [9.17, 15) is 14.9 Å². The van der Waals surface area contributed by atoms with Crippen molar-refractivity contribution in [2.75, 3.05) is 16.0 Å². The number of hydrogen-bond donors (Lipinski definition) is 2. The summed E-state index contributed by atoms with van der Waals surface area (Å²) in [7, 11) is 0. The zero-order valence-corrected chi connectivity index (χ0v) is 22.9. The van der Waals surface area contributed by atoms with Crippen molar-refractivity contribution in [3.05, 3.63) is 76.1 Å². The van der Waals surface area contributed by atoms with E-state index in [4.69, 9.17) is 21.8 Å². The number of hydrogen-bond acceptors (Lipinski definition) is 10. The molecule has 0 saturated carbocycles. The second-order valence-corrected chi connectivity index (χ2v) is 12.3. The Balaban J connectivity index is 1.44. The van der Waals surface area contributed by atoms with E-state index in [1.807, 2.05) is 13.8 Å². The number of anilines is 2. The van der Waals surface area contributed by atoms with Gasteiger partial charge in [0.2, 0.25) is 11.0 Å². The quantitative estimate of drug-likeness (QED) is 0.372. The summed E-state index contributed by atoms with van der Waals surface area (Å²) in [6, 6.07) is 12.6. The molecule has 1 unspecified atom stereocenters. The van der Waals surface area contributed by atoms with Crippen molar-refractivity contribution in [2.45, 2.75) is 36.9 Å². The van der Waals surface area contributed by atoms with E-state index in [0.717, 1.165) is 0 Å². The van der Waals surface area contributed by atoms with Crippen molar-refractivity contribution in [1.82, 2.24) is 10.2 Å². The maximum absolute atomic E-state index is 13.5. The molecule has 0 bridgehead atoms. The first-order valence-electron chi connectivity index (χ1n) is 11.7. The molecule has 5 rings (SSSR count). The van der Waals surface area contributed by atoms with E-state index >= 15 is 0 Å². The molecule has 194 valence electrons. The molecule has 1 amide bonds. The number of nitriles is 1. The number of Topliss-reactive ketones (excluding diaryl/α,β-unsaturated/α-hetero) is 1. The normalized spacial score (nSPS) is 18.8. The van der Waals surface area contributed by atoms with E-state index in [-0.39, 0.29) is 34.3 Å². The summed E-state index contributed by atoms with van der Waals surface area (Å²) in [5.41, 5.74) is 8.28. The molecule has 0 spiro atoms. The highest BCUT2D eigenvalue weighted by molar-refractivity contribution is 8.01. The number of aromatic nitrogens is 2. The summed E-state index contributed by atoms with van der Waals surface area (Å²) < 4.78 is 6.18. The first kappa shape index (κ1) is 26.0. The Morgan fingerprint density at radius 1 is 1.34 bits per heavy atom. The monoisotopic (exact) mass is 566 g/mol. The van der Waals surface area contributed by atoms with E-state index in [1.54, 1.807) is 41.3 Å². The van der Waals surface area contributed by atoms with Crippen LogP contribution in [0.4, 0.5) is 10.8 Å². The number of amides is 1. The second-order valence-electron chi connectivity index (χ2n) is 9.69. The van der Waals surface area contributed by atoms with Crippen molar-refractivity contribution in [3.8, 4) is 6.07 Å². The summed E-state index contributed by atoms with van der Waals surface area (Å²) in [4.78, 5) is 27.6. The van der Waals surface area contributed by atoms with Crippen LogP contribution >= 0.6 is 34.7 Å². The van der Waals surface area contributed by atoms with E-state index in [1.165, 1.54) is 29.4 Å². The summed E-state index contributed by atoms with van der Waals surface area (Å²) >= 11 is 8.44. The molecular weight excluding hydrogens is 544 g/mol. The van der Waals surface area contributed by atoms with Gasteiger partial charge < -0.3 is 15.5 Å². The number of nitrogens with zero attached hydrogens (tertiary/aromatic N) is 4. The molecule has 1 aliphatic heterocycles. The van der Waals surface area contributed by atoms with Crippen LogP contribution in [-0.4, -0.2) is 27.6 Å². The number of nitrogens with one attached hydrogen (secondary N) is 1. The van der Waals surface area contributed by atoms with Gasteiger partial charge in [0.15, 0.2) is 10.1 Å². The van der Waals surface area contributed by atoms with Crippen molar-refractivity contribution >= 4 is 57.2 Å². The van der Waals surface area contributed by atoms with E-state index < -0.39 is 5.92 Å². The lowest BCUT2D eigenvalue weighted by atomic mass is 9.69. The fourth-order valence-electron chi connectivity index (χ4n) is 4.71. The minimum Gasteiger partial charge on any atom is -0.468 e. The van der Waals surface area contributed by atoms with Gasteiger partial charge in [0.1, 0.15) is 11.6 Å². The lowest BCUT2D eigenvalue weighted by molar-refractivity contribution is -0.118. The SMILES string of the molecule is CC1(C)CC(=O)C2=C(C1)N(c1nnc(SCC(=O)Nc3cccc(Cl)c3)s1)C(N)=C(C#N)C2c1ccco1. The van der Waals surface area contributed by atoms with Gasteiger partial charge in [-0.1, -0.05) is 54.6 Å². The Labute approximate surface area is 232 Å². The molecule has 1 atom stereocenters. The van der Waals surface area contributed by atoms with Crippen LogP contribution in [-0.2, 0) is 9.59 Å². The second kappa shape index (κ2) is 10.3. The number of carbonyl (C=O) groups excluding carboxylic acids is 2. The number of furan rings is 1. The number of ketones is 1. The Bertz CT molecular complexity index is 1520. The molecule has 0 saturated heterocycles. The van der Waals surface area contributed by atoms with Gasteiger partial charge in [-0.05, 0) is 42.2 Å². The Hall–Kier alpha value is -3.59. The van der Waals surface area contributed by atoms with Crippen molar-refractivity contribution in [2.24, 2.45) is 11.1 Å². The van der Waals surface area contributed by atoms with Gasteiger partial charge in [-0.3, -0.25) is 14.5 Å². The predicted octanol–water partition coefficient (Wildman–Crippen LogP) is 5.46. The Morgan fingerprint density at radius 3 is 2.87 bits per heavy atom. The number of allylic oxidation sites excluding steroid dienone is 3. The smallest absolute Gasteiger partial charge is 0.234 e. The van der Waals surface area contributed by atoms with Gasteiger partial charge in [0, 0.05) is 28.4 Å². The maximum atomic E-state index is 13.5. The van der Waals surface area contributed by atoms with Crippen LogP contribution in [0.15, 0.2) is 74.1 Å². The summed E-state index contributed by atoms with van der Waals surface area (Å²) in [6.45, 7) is 4.04. The molecular formula is C26H23ClN6O3S2. The zero-order chi connectivity index (χ0) is 27.0. The topological polar surface area (TPSA) is 138 Å². The third kappa shape index (κ3) is 5.07. The number of halogens is 1. The molecule has 2 aliphatic rings. The summed E-state index contributed by atoms with van der Waals surface area (Å²) in [6.07, 6.45) is 2.41. The molecule has 3 heterocycles. The maximum Gasteiger partial charge on any atom is 0.234 e. The number of carbonyl (C=O) groups is 2. The molecule has 1 aliphatic carbocycles. The van der Waals surface area contributed by atoms with E-state index in [2.05, 4.69) is 21.6 Å². The molecule has 1 aromatic carbocycles. The standard InChI is InChI=1S/C26H23ClN6O3S2/c1-26(2)10-17-22(18(34)11-26)21(19-7-4-8-36-19)16(12-28)23(29)33(17)24-31-32-25(38-24)37-13-20(35)30-15-6-3-5-14(27)9-15/h3-9,21H,10-11,13,29H2,1-2H3,(H,30,35). The van der Waals surface area contributed by atoms with Crippen molar-refractivity contribution in [1.29, 1.82) is 5.26 Å². The Morgan fingerprint density at radius 2 is 2.16 bits per heavy atom. The molecule has 38 heavy (non-hydrogen) atoms. The van der Waals surface area contributed by atoms with Gasteiger partial charge in [-0.25, -0.2) is 0 Å². The van der Waals surface area contributed by atoms with Gasteiger partial charge >= 0.3 is 0 Å². The van der Waals surface area contributed by atoms with Crippen molar-refractivity contribution < 1.29 is 14.0 Å². The predicted molar refractivity (Wildman–Crippen MR) is 147 cm³/mol. The molecule has 3 N–H and O–H groups in total. The number of thioether (sulfide) groups is 1. The highest BCUT2D eigenvalue weighted by atomic mass is 35.5. The summed E-state index contributed by atoms with van der Waals surface area (Å²) in [5, 5.41) is 22.4. The van der Waals surface area contributed by atoms with Gasteiger partial charge in [-0.15, -0.1) is 10.2 Å². The van der Waals surface area contributed by atoms with Crippen LogP contribution in [0.3, 0.4) is 0 Å². The average molecular weight is 567 g/mol. The highest BCUT2D eigenvalue weighted by Gasteiger charge is 2.46. The third-order valence-corrected chi connectivity index (χ3v) is 8.51. The molecule has 9 nitrogen and oxygen atoms in total. The minimum absolute atomic E-state index is 0.0558. The third-order valence-electron chi connectivity index (χ3n) is 6.23. The van der Waals surface area contributed by atoms with Gasteiger partial charge in [0.05, 0.1) is 29.6 Å². The van der Waals surface area contributed by atoms with E-state index in [0.29, 0.717) is 50.1 Å². The first-order chi connectivity index (χ1) is 18.2. The van der Waals surface area contributed by atoms with Crippen LogP contribution in [0.2, 0.25) is 5.02 Å². The van der Waals surface area contributed by atoms with Crippen LogP contribution < -0.4 is 16.0 Å². The molecule has 2 aromatic heterocycles. The average Bonchev–Trinajstić information content (AvgIpc) is 3.54. The largest absolute Gasteiger partial charge is 0.468 e. The summed E-state index contributed by atoms with van der Waals surface area (Å²) in [5.74, 6) is -0.172. The molecule has 0 fully saturated rings. The number of nitrogens with two attached hydrogens (primary N) is 1. The fourth-order valence-corrected chi connectivity index (χ4v) is 6.58. The highest BCUT2D eigenvalue weighted by Crippen LogP contribution is 2.50. The minimum atomic E-state index is -0.679. The zero-order valence-electron chi connectivity index (χ0n) is 20.5. The Kier molecular flexibility index (Phi) is 7.05. The number of rotatable bonds is 6. The molecule has 0 radical (unpaired) electrons. The lowest BCUT2D eigenvalue weighted by Gasteiger charge is -2.42. The van der Waals surface area contributed by atoms with Crippen LogP contribution in [0.1, 0.15) is 38.4 Å². The number of benzene rings is 1. The van der Waals surface area contributed by atoms with Gasteiger partial charge in [0.25, 0.3) is 0 Å². The van der Waals surface area contributed by atoms with Crippen molar-refractivity contribution in [3.63, 3.8) is 0 Å². The van der Waals surface area contributed by atoms with Gasteiger partial charge in [-0.2, -0.15) is 5.26 Å². The van der Waals surface area contributed by atoms with Crippen LogP contribution in [0.25, 0.3) is 0 Å².